The van der Waals surface area contributed by atoms with E-state index in [1.54, 1.807) is 6.20 Å². The molecule has 1 aliphatic heterocycles. The summed E-state index contributed by atoms with van der Waals surface area (Å²) in [6, 6.07) is 10.6. The molecular formula is C21H24N2O2. The van der Waals surface area contributed by atoms with Crippen LogP contribution in [0.4, 0.5) is 0 Å². The van der Waals surface area contributed by atoms with Crippen molar-refractivity contribution in [3.05, 3.63) is 64.5 Å². The number of nitrogens with zero attached hydrogens (tertiary/aromatic N) is 2. The van der Waals surface area contributed by atoms with Crippen molar-refractivity contribution >= 4 is 5.91 Å². The number of morpholine rings is 1. The van der Waals surface area contributed by atoms with Gasteiger partial charge < -0.3 is 9.64 Å². The number of aryl methyl sites for hydroxylation is 3. The van der Waals surface area contributed by atoms with Crippen molar-refractivity contribution in [1.29, 1.82) is 0 Å². The number of benzene rings is 1. The predicted octanol–water partition coefficient (Wildman–Crippen LogP) is 3.02. The van der Waals surface area contributed by atoms with Crippen LogP contribution in [0.3, 0.4) is 0 Å². The highest BCUT2D eigenvalue weighted by Gasteiger charge is 2.25. The van der Waals surface area contributed by atoms with Gasteiger partial charge in [-0.15, -0.1) is 0 Å². The van der Waals surface area contributed by atoms with Gasteiger partial charge in [-0.25, -0.2) is 0 Å². The second kappa shape index (κ2) is 6.96. The fraction of sp³-hybridized carbons (Fsp3) is 0.429. The van der Waals surface area contributed by atoms with Gasteiger partial charge in [-0.2, -0.15) is 0 Å². The van der Waals surface area contributed by atoms with E-state index in [2.05, 4.69) is 23.2 Å². The van der Waals surface area contributed by atoms with E-state index in [1.807, 2.05) is 24.0 Å². The fourth-order valence-electron chi connectivity index (χ4n) is 3.87. The maximum absolute atomic E-state index is 12.8. The highest BCUT2D eigenvalue weighted by molar-refractivity contribution is 5.79. The van der Waals surface area contributed by atoms with E-state index in [1.165, 1.54) is 24.0 Å². The molecule has 4 nitrogen and oxygen atoms in total. The Morgan fingerprint density at radius 1 is 1.24 bits per heavy atom. The molecule has 0 radical (unpaired) electrons. The molecule has 2 aromatic rings. The number of aromatic nitrogens is 1. The minimum absolute atomic E-state index is 0.0561. The molecule has 1 aromatic carbocycles. The Morgan fingerprint density at radius 2 is 2.12 bits per heavy atom. The lowest BCUT2D eigenvalue weighted by molar-refractivity contribution is -0.138. The lowest BCUT2D eigenvalue weighted by atomic mass is 10.0. The molecule has 1 amide bonds. The molecule has 130 valence electrons. The highest BCUT2D eigenvalue weighted by Crippen LogP contribution is 2.25. The summed E-state index contributed by atoms with van der Waals surface area (Å²) in [6.45, 7) is 3.85. The Balaban J connectivity index is 1.43. The van der Waals surface area contributed by atoms with Crippen molar-refractivity contribution in [2.24, 2.45) is 0 Å². The second-order valence-corrected chi connectivity index (χ2v) is 7.06. The first-order valence-corrected chi connectivity index (χ1v) is 9.11. The smallest absolute Gasteiger partial charge is 0.227 e. The van der Waals surface area contributed by atoms with Gasteiger partial charge in [-0.1, -0.05) is 18.2 Å². The van der Waals surface area contributed by atoms with E-state index < -0.39 is 0 Å². The molecule has 4 rings (SSSR count). The van der Waals surface area contributed by atoms with Gasteiger partial charge in [0.25, 0.3) is 0 Å². The topological polar surface area (TPSA) is 42.4 Å². The van der Waals surface area contributed by atoms with Gasteiger partial charge in [0, 0.05) is 18.4 Å². The Labute approximate surface area is 148 Å². The van der Waals surface area contributed by atoms with E-state index in [4.69, 9.17) is 4.74 Å². The van der Waals surface area contributed by atoms with Crippen molar-refractivity contribution in [1.82, 2.24) is 9.88 Å². The summed E-state index contributed by atoms with van der Waals surface area (Å²) in [4.78, 5) is 18.9. The number of pyridine rings is 1. The lowest BCUT2D eigenvalue weighted by Crippen LogP contribution is -2.43. The summed E-state index contributed by atoms with van der Waals surface area (Å²) in [6.07, 6.45) is 5.80. The fourth-order valence-corrected chi connectivity index (χ4v) is 3.87. The van der Waals surface area contributed by atoms with Crippen LogP contribution in [0.15, 0.2) is 36.5 Å². The van der Waals surface area contributed by atoms with Crippen molar-refractivity contribution in [3.8, 4) is 0 Å². The predicted molar refractivity (Wildman–Crippen MR) is 96.4 cm³/mol. The average molecular weight is 336 g/mol. The van der Waals surface area contributed by atoms with Crippen LogP contribution in [0, 0.1) is 6.92 Å². The summed E-state index contributed by atoms with van der Waals surface area (Å²) < 4.78 is 5.89. The third-order valence-electron chi connectivity index (χ3n) is 5.23. The Hall–Kier alpha value is -2.20. The Morgan fingerprint density at radius 3 is 3.00 bits per heavy atom. The number of rotatable bonds is 3. The molecular weight excluding hydrogens is 312 g/mol. The number of hydrogen-bond donors (Lipinski definition) is 0. The number of fused-ring (bicyclic) bond motifs is 1. The second-order valence-electron chi connectivity index (χ2n) is 7.06. The minimum Gasteiger partial charge on any atom is -0.370 e. The Kier molecular flexibility index (Phi) is 4.53. The molecule has 2 aliphatic rings. The van der Waals surface area contributed by atoms with Crippen LogP contribution < -0.4 is 0 Å². The minimum atomic E-state index is -0.0561. The van der Waals surface area contributed by atoms with E-state index >= 15 is 0 Å². The monoisotopic (exact) mass is 336 g/mol. The summed E-state index contributed by atoms with van der Waals surface area (Å²) in [5.74, 6) is 0.192. The number of hydrogen-bond acceptors (Lipinski definition) is 3. The molecule has 2 heterocycles. The number of carbonyl (C=O) groups excluding carboxylic acids is 1. The normalized spacial score (nSPS) is 19.7. The standard InChI is InChI=1S/C21H24N2O2/c1-15-11-19(7-8-22-15)20-14-23(9-10-25-20)21(24)13-16-5-6-17-3-2-4-18(17)12-16/h5-8,11-12,20H,2-4,9-10,13-14H2,1H3. The van der Waals surface area contributed by atoms with Crippen LogP contribution >= 0.6 is 0 Å². The largest absolute Gasteiger partial charge is 0.370 e. The van der Waals surface area contributed by atoms with Gasteiger partial charge in [0.05, 0.1) is 19.6 Å². The highest BCUT2D eigenvalue weighted by atomic mass is 16.5. The molecule has 0 N–H and O–H groups in total. The average Bonchev–Trinajstić information content (AvgIpc) is 3.09. The molecule has 25 heavy (non-hydrogen) atoms. The van der Waals surface area contributed by atoms with Crippen LogP contribution in [0.25, 0.3) is 0 Å². The molecule has 1 aliphatic carbocycles. The third kappa shape index (κ3) is 3.59. The van der Waals surface area contributed by atoms with Crippen LogP contribution in [0.1, 0.15) is 40.5 Å². The molecule has 0 bridgehead atoms. The van der Waals surface area contributed by atoms with Gasteiger partial charge in [-0.3, -0.25) is 9.78 Å². The van der Waals surface area contributed by atoms with Crippen LogP contribution in [0.5, 0.6) is 0 Å². The molecule has 0 saturated carbocycles. The van der Waals surface area contributed by atoms with Crippen LogP contribution in [0.2, 0.25) is 0 Å². The number of amides is 1. The van der Waals surface area contributed by atoms with E-state index in [9.17, 15) is 4.79 Å². The first-order valence-electron chi connectivity index (χ1n) is 9.11. The van der Waals surface area contributed by atoms with Crippen molar-refractivity contribution in [3.63, 3.8) is 0 Å². The maximum atomic E-state index is 12.8. The molecule has 1 aromatic heterocycles. The van der Waals surface area contributed by atoms with Gasteiger partial charge in [-0.05, 0) is 60.6 Å². The molecule has 1 unspecified atom stereocenters. The molecule has 1 saturated heterocycles. The maximum Gasteiger partial charge on any atom is 0.227 e. The summed E-state index contributed by atoms with van der Waals surface area (Å²) in [5, 5.41) is 0. The molecule has 4 heteroatoms. The van der Waals surface area contributed by atoms with Gasteiger partial charge in [0.15, 0.2) is 0 Å². The molecule has 0 spiro atoms. The Bertz CT molecular complexity index is 787. The quantitative estimate of drug-likeness (QED) is 0.865. The third-order valence-corrected chi connectivity index (χ3v) is 5.23. The number of carbonyl (C=O) groups is 1. The lowest BCUT2D eigenvalue weighted by Gasteiger charge is -2.33. The molecule has 1 atom stereocenters. The van der Waals surface area contributed by atoms with Crippen LogP contribution in [-0.4, -0.2) is 35.5 Å². The summed E-state index contributed by atoms with van der Waals surface area (Å²) in [5.41, 5.74) is 6.09. The van der Waals surface area contributed by atoms with Gasteiger partial charge in [0.1, 0.15) is 6.10 Å². The zero-order valence-electron chi connectivity index (χ0n) is 14.7. The molecule has 1 fully saturated rings. The van der Waals surface area contributed by atoms with E-state index in [0.29, 0.717) is 26.1 Å². The van der Waals surface area contributed by atoms with E-state index in [-0.39, 0.29) is 12.0 Å². The van der Waals surface area contributed by atoms with Crippen molar-refractivity contribution in [2.75, 3.05) is 19.7 Å². The van der Waals surface area contributed by atoms with Crippen LogP contribution in [-0.2, 0) is 28.8 Å². The van der Waals surface area contributed by atoms with Gasteiger partial charge in [0.2, 0.25) is 5.91 Å². The first-order chi connectivity index (χ1) is 12.2. The van der Waals surface area contributed by atoms with Gasteiger partial charge >= 0.3 is 0 Å². The zero-order chi connectivity index (χ0) is 17.2. The SMILES string of the molecule is Cc1cc(C2CN(C(=O)Cc3ccc4c(c3)CCC4)CCO2)ccn1. The summed E-state index contributed by atoms with van der Waals surface area (Å²) in [7, 11) is 0. The summed E-state index contributed by atoms with van der Waals surface area (Å²) >= 11 is 0. The number of ether oxygens (including phenoxy) is 1. The van der Waals surface area contributed by atoms with Crippen molar-refractivity contribution in [2.45, 2.75) is 38.7 Å². The van der Waals surface area contributed by atoms with Crippen molar-refractivity contribution < 1.29 is 9.53 Å². The first kappa shape index (κ1) is 16.3. The zero-order valence-corrected chi connectivity index (χ0v) is 14.7. The van der Waals surface area contributed by atoms with E-state index in [0.717, 1.165) is 23.2 Å².